The number of aromatic nitrogens is 2. The van der Waals surface area contributed by atoms with Crippen LogP contribution in [0.1, 0.15) is 35.4 Å². The molecule has 152 valence electrons. The molecule has 9 heteroatoms. The number of amides is 1. The highest BCUT2D eigenvalue weighted by Gasteiger charge is 2.37. The highest BCUT2D eigenvalue weighted by atomic mass is 19.4. The average Bonchev–Trinajstić information content (AvgIpc) is 2.97. The summed E-state index contributed by atoms with van der Waals surface area (Å²) in [5, 5.41) is 6.78. The van der Waals surface area contributed by atoms with E-state index in [4.69, 9.17) is 10.5 Å². The van der Waals surface area contributed by atoms with Gasteiger partial charge in [0.15, 0.2) is 0 Å². The van der Waals surface area contributed by atoms with Crippen molar-refractivity contribution in [2.24, 2.45) is 5.73 Å². The van der Waals surface area contributed by atoms with E-state index >= 15 is 0 Å². The summed E-state index contributed by atoms with van der Waals surface area (Å²) in [7, 11) is 0. The maximum Gasteiger partial charge on any atom is 0.416 e. The molecule has 2 aromatic rings. The van der Waals surface area contributed by atoms with Crippen molar-refractivity contribution in [3.63, 3.8) is 0 Å². The summed E-state index contributed by atoms with van der Waals surface area (Å²) in [6.07, 6.45) is -3.89. The smallest absolute Gasteiger partial charge is 0.381 e. The van der Waals surface area contributed by atoms with Gasteiger partial charge in [-0.15, -0.1) is 0 Å². The van der Waals surface area contributed by atoms with Crippen molar-refractivity contribution in [1.29, 1.82) is 0 Å². The summed E-state index contributed by atoms with van der Waals surface area (Å²) in [5.41, 5.74) is 5.90. The Balaban J connectivity index is 1.84. The molecule has 0 spiro atoms. The number of nitrogens with two attached hydrogens (primary N) is 1. The third kappa shape index (κ3) is 4.20. The predicted molar refractivity (Wildman–Crippen MR) is 96.9 cm³/mol. The van der Waals surface area contributed by atoms with Crippen LogP contribution in [0.15, 0.2) is 24.3 Å². The zero-order chi connectivity index (χ0) is 20.5. The second kappa shape index (κ2) is 7.56. The number of benzene rings is 1. The Morgan fingerprint density at radius 2 is 1.96 bits per heavy atom. The monoisotopic (exact) mass is 396 g/mol. The minimum absolute atomic E-state index is 0.0261. The molecule has 0 atom stereocenters. The van der Waals surface area contributed by atoms with Crippen molar-refractivity contribution < 1.29 is 22.7 Å². The minimum atomic E-state index is -4.56. The summed E-state index contributed by atoms with van der Waals surface area (Å²) < 4.78 is 47.5. The van der Waals surface area contributed by atoms with E-state index in [0.717, 1.165) is 11.8 Å². The molecule has 28 heavy (non-hydrogen) atoms. The number of aryl methyl sites for hydroxylation is 2. The number of halogens is 3. The van der Waals surface area contributed by atoms with E-state index < -0.39 is 23.2 Å². The van der Waals surface area contributed by atoms with E-state index in [1.54, 1.807) is 26.0 Å². The average molecular weight is 396 g/mol. The summed E-state index contributed by atoms with van der Waals surface area (Å²) in [5.74, 6) is -0.466. The Morgan fingerprint density at radius 3 is 2.54 bits per heavy atom. The van der Waals surface area contributed by atoms with Gasteiger partial charge < -0.3 is 15.8 Å². The molecule has 2 heterocycles. The van der Waals surface area contributed by atoms with Gasteiger partial charge in [0.05, 0.1) is 22.5 Å². The first kappa shape index (κ1) is 20.3. The lowest BCUT2D eigenvalue weighted by molar-refractivity contribution is -0.138. The first-order valence-corrected chi connectivity index (χ1v) is 8.99. The first-order chi connectivity index (χ1) is 13.1. The molecule has 1 aliphatic rings. The van der Waals surface area contributed by atoms with Crippen molar-refractivity contribution in [3.8, 4) is 5.69 Å². The van der Waals surface area contributed by atoms with Crippen molar-refractivity contribution in [1.82, 2.24) is 15.1 Å². The second-order valence-corrected chi connectivity index (χ2v) is 7.13. The van der Waals surface area contributed by atoms with E-state index in [9.17, 15) is 18.0 Å². The van der Waals surface area contributed by atoms with Gasteiger partial charge >= 0.3 is 6.18 Å². The number of carbonyl (C=O) groups excluding carboxylic acids is 1. The largest absolute Gasteiger partial charge is 0.416 e. The lowest BCUT2D eigenvalue weighted by Gasteiger charge is -2.31. The van der Waals surface area contributed by atoms with Gasteiger partial charge in [0.25, 0.3) is 0 Å². The van der Waals surface area contributed by atoms with Crippen LogP contribution in [0.25, 0.3) is 5.69 Å². The number of alkyl halides is 3. The van der Waals surface area contributed by atoms with Gasteiger partial charge in [-0.1, -0.05) is 6.07 Å². The Bertz CT molecular complexity index is 871. The topological polar surface area (TPSA) is 82.2 Å². The SMILES string of the molecule is Cc1cc(C)n(-c2ccc(CNC(=O)C3(N)CCOCC3)c(C(F)(F)F)c2)n1. The molecule has 1 amide bonds. The van der Waals surface area contributed by atoms with Crippen molar-refractivity contribution in [2.45, 2.75) is 44.9 Å². The molecular formula is C19H23F3N4O2. The molecule has 3 N–H and O–H groups in total. The molecule has 6 nitrogen and oxygen atoms in total. The molecule has 1 saturated heterocycles. The molecule has 1 aromatic heterocycles. The summed E-state index contributed by atoms with van der Waals surface area (Å²) in [6, 6.07) is 5.76. The van der Waals surface area contributed by atoms with Crippen LogP contribution in [0, 0.1) is 13.8 Å². The molecule has 1 aliphatic heterocycles. The lowest BCUT2D eigenvalue weighted by Crippen LogP contribution is -2.56. The number of nitrogens with zero attached hydrogens (tertiary/aromatic N) is 2. The summed E-state index contributed by atoms with van der Waals surface area (Å²) >= 11 is 0. The Morgan fingerprint density at radius 1 is 1.29 bits per heavy atom. The summed E-state index contributed by atoms with van der Waals surface area (Å²) in [4.78, 5) is 12.4. The van der Waals surface area contributed by atoms with Crippen molar-refractivity contribution >= 4 is 5.91 Å². The number of hydrogen-bond acceptors (Lipinski definition) is 4. The lowest BCUT2D eigenvalue weighted by atomic mass is 9.90. The third-order valence-corrected chi connectivity index (χ3v) is 4.93. The molecule has 1 aromatic carbocycles. The molecule has 0 unspecified atom stereocenters. The minimum Gasteiger partial charge on any atom is -0.381 e. The van der Waals surface area contributed by atoms with Crippen LogP contribution in [0.2, 0.25) is 0 Å². The van der Waals surface area contributed by atoms with Crippen LogP contribution in [0.5, 0.6) is 0 Å². The highest BCUT2D eigenvalue weighted by Crippen LogP contribution is 2.34. The van der Waals surface area contributed by atoms with Gasteiger partial charge in [0.2, 0.25) is 5.91 Å². The Hall–Kier alpha value is -2.39. The zero-order valence-electron chi connectivity index (χ0n) is 15.8. The molecule has 0 bridgehead atoms. The summed E-state index contributed by atoms with van der Waals surface area (Å²) in [6.45, 7) is 4.00. The fourth-order valence-electron chi connectivity index (χ4n) is 3.32. The Kier molecular flexibility index (Phi) is 5.49. The molecule has 1 fully saturated rings. The van der Waals surface area contributed by atoms with Crippen LogP contribution < -0.4 is 11.1 Å². The van der Waals surface area contributed by atoms with E-state index in [-0.39, 0.29) is 12.1 Å². The number of hydrogen-bond donors (Lipinski definition) is 2. The van der Waals surface area contributed by atoms with Gasteiger partial charge in [0.1, 0.15) is 0 Å². The number of ether oxygens (including phenoxy) is 1. The van der Waals surface area contributed by atoms with Gasteiger partial charge in [0, 0.05) is 25.5 Å². The second-order valence-electron chi connectivity index (χ2n) is 7.13. The molecule has 3 rings (SSSR count). The van der Waals surface area contributed by atoms with Crippen molar-refractivity contribution in [3.05, 3.63) is 46.8 Å². The van der Waals surface area contributed by atoms with Crippen LogP contribution in [0.4, 0.5) is 13.2 Å². The van der Waals surface area contributed by atoms with Crippen LogP contribution in [0.3, 0.4) is 0 Å². The first-order valence-electron chi connectivity index (χ1n) is 8.99. The van der Waals surface area contributed by atoms with Gasteiger partial charge in [-0.05, 0) is 50.5 Å². The van der Waals surface area contributed by atoms with Crippen LogP contribution in [-0.2, 0) is 22.3 Å². The standard InChI is InChI=1S/C19H23F3N4O2/c1-12-9-13(2)26(25-12)15-4-3-14(16(10-15)19(20,21)22)11-24-17(27)18(23)5-7-28-8-6-18/h3-4,9-10H,5-8,11,23H2,1-2H3,(H,24,27). The highest BCUT2D eigenvalue weighted by molar-refractivity contribution is 5.86. The molecule has 0 saturated carbocycles. The zero-order valence-corrected chi connectivity index (χ0v) is 15.8. The fourth-order valence-corrected chi connectivity index (χ4v) is 3.32. The van der Waals surface area contributed by atoms with Crippen molar-refractivity contribution in [2.75, 3.05) is 13.2 Å². The third-order valence-electron chi connectivity index (χ3n) is 4.93. The molecule has 0 radical (unpaired) electrons. The van der Waals surface area contributed by atoms with Gasteiger partial charge in [-0.2, -0.15) is 18.3 Å². The van der Waals surface area contributed by atoms with Gasteiger partial charge in [-0.25, -0.2) is 4.68 Å². The maximum absolute atomic E-state index is 13.6. The van der Waals surface area contributed by atoms with Crippen LogP contribution in [-0.4, -0.2) is 34.4 Å². The number of nitrogens with one attached hydrogen (secondary N) is 1. The Labute approximate surface area is 160 Å². The number of carbonyl (C=O) groups is 1. The molecule has 0 aliphatic carbocycles. The van der Waals surface area contributed by atoms with E-state index in [2.05, 4.69) is 10.4 Å². The normalized spacial score (nSPS) is 16.8. The van der Waals surface area contributed by atoms with Gasteiger partial charge in [-0.3, -0.25) is 4.79 Å². The van der Waals surface area contributed by atoms with E-state index in [1.807, 2.05) is 0 Å². The predicted octanol–water partition coefficient (Wildman–Crippen LogP) is 2.63. The van der Waals surface area contributed by atoms with E-state index in [0.29, 0.717) is 37.4 Å². The maximum atomic E-state index is 13.6. The number of rotatable bonds is 4. The van der Waals surface area contributed by atoms with Crippen LogP contribution >= 0.6 is 0 Å². The molecular weight excluding hydrogens is 373 g/mol. The van der Waals surface area contributed by atoms with E-state index in [1.165, 1.54) is 10.7 Å². The quantitative estimate of drug-likeness (QED) is 0.833. The fraction of sp³-hybridized carbons (Fsp3) is 0.474.